The summed E-state index contributed by atoms with van der Waals surface area (Å²) in [4.78, 5) is 12.0. The summed E-state index contributed by atoms with van der Waals surface area (Å²) in [7, 11) is 3.19. The molecule has 0 radical (unpaired) electrons. The van der Waals surface area contributed by atoms with E-state index in [2.05, 4.69) is 33.0 Å². The third kappa shape index (κ3) is 7.47. The molecule has 0 aliphatic rings. The van der Waals surface area contributed by atoms with Gasteiger partial charge in [-0.25, -0.2) is 5.43 Å². The summed E-state index contributed by atoms with van der Waals surface area (Å²) in [5, 5.41) is 4.01. The number of hydrazone groups is 1. The minimum absolute atomic E-state index is 0.170. The average molecular weight is 479 g/mol. The van der Waals surface area contributed by atoms with Crippen LogP contribution in [-0.2, 0) is 10.5 Å². The van der Waals surface area contributed by atoms with Crippen LogP contribution in [0.25, 0.3) is 0 Å². The van der Waals surface area contributed by atoms with E-state index in [-0.39, 0.29) is 5.91 Å². The molecule has 0 aromatic heterocycles. The maximum atomic E-state index is 12.0. The molecule has 1 amide bonds. The summed E-state index contributed by atoms with van der Waals surface area (Å²) in [5.74, 6) is 2.83. The highest BCUT2D eigenvalue weighted by Crippen LogP contribution is 2.36. The minimum atomic E-state index is -0.170. The third-order valence-electron chi connectivity index (χ3n) is 3.66. The van der Waals surface area contributed by atoms with Crippen LogP contribution >= 0.6 is 27.7 Å². The number of ether oxygens (including phenoxy) is 3. The summed E-state index contributed by atoms with van der Waals surface area (Å²) in [5.41, 5.74) is 4.41. The van der Waals surface area contributed by atoms with Gasteiger partial charge in [0.25, 0.3) is 0 Å². The van der Waals surface area contributed by atoms with Crippen LogP contribution in [0.2, 0.25) is 0 Å². The summed E-state index contributed by atoms with van der Waals surface area (Å²) in [6, 6.07) is 11.4. The first-order valence-corrected chi connectivity index (χ1v) is 10.7. The molecule has 0 fully saturated rings. The normalized spacial score (nSPS) is 10.6. The monoisotopic (exact) mass is 478 g/mol. The lowest BCUT2D eigenvalue weighted by atomic mass is 10.2. The molecular formula is C21H23BrN2O4S. The molecule has 1 N–H and O–H groups in total. The second-order valence-corrected chi connectivity index (χ2v) is 7.61. The van der Waals surface area contributed by atoms with Crippen LogP contribution in [0.5, 0.6) is 17.2 Å². The van der Waals surface area contributed by atoms with Gasteiger partial charge in [0.2, 0.25) is 5.91 Å². The van der Waals surface area contributed by atoms with E-state index in [1.54, 1.807) is 32.6 Å². The van der Waals surface area contributed by atoms with E-state index < -0.39 is 0 Å². The molecule has 0 unspecified atom stereocenters. The second kappa shape index (κ2) is 12.2. The highest BCUT2D eigenvalue weighted by molar-refractivity contribution is 9.10. The maximum Gasteiger partial charge on any atom is 0.250 e. The molecule has 2 aromatic carbocycles. The van der Waals surface area contributed by atoms with Gasteiger partial charge in [0.05, 0.1) is 30.7 Å². The fourth-order valence-corrected chi connectivity index (χ4v) is 3.65. The van der Waals surface area contributed by atoms with Crippen LogP contribution in [0.3, 0.4) is 0 Å². The summed E-state index contributed by atoms with van der Waals surface area (Å²) < 4.78 is 16.8. The Hall–Kier alpha value is -2.45. The number of rotatable bonds is 11. The fraction of sp³-hybridized carbons (Fsp3) is 0.238. The van der Waals surface area contributed by atoms with Gasteiger partial charge >= 0.3 is 0 Å². The van der Waals surface area contributed by atoms with Gasteiger partial charge in [0.1, 0.15) is 12.4 Å². The number of benzene rings is 2. The van der Waals surface area contributed by atoms with Crippen molar-refractivity contribution < 1.29 is 19.0 Å². The molecule has 154 valence electrons. The number of nitrogens with zero attached hydrogens (tertiary/aromatic N) is 1. The van der Waals surface area contributed by atoms with Crippen molar-refractivity contribution in [3.8, 4) is 17.2 Å². The third-order valence-corrected chi connectivity index (χ3v) is 5.25. The van der Waals surface area contributed by atoms with Crippen molar-refractivity contribution in [2.45, 2.75) is 5.75 Å². The van der Waals surface area contributed by atoms with Crippen LogP contribution in [-0.4, -0.2) is 38.7 Å². The van der Waals surface area contributed by atoms with E-state index in [0.29, 0.717) is 23.9 Å². The quantitative estimate of drug-likeness (QED) is 0.294. The van der Waals surface area contributed by atoms with Crippen LogP contribution in [0.4, 0.5) is 0 Å². The molecule has 8 heteroatoms. The van der Waals surface area contributed by atoms with E-state index in [1.165, 1.54) is 11.8 Å². The lowest BCUT2D eigenvalue weighted by Gasteiger charge is -2.12. The zero-order chi connectivity index (χ0) is 21.1. The smallest absolute Gasteiger partial charge is 0.250 e. The first kappa shape index (κ1) is 22.8. The van der Waals surface area contributed by atoms with Crippen LogP contribution in [0.1, 0.15) is 11.1 Å². The SMILES string of the molecule is C=CCOc1c(Br)cc(/C=N\NC(=O)CSCc2ccc(OC)cc2)cc1OC. The Morgan fingerprint density at radius 1 is 1.24 bits per heavy atom. The Morgan fingerprint density at radius 3 is 2.66 bits per heavy atom. The van der Waals surface area contributed by atoms with Crippen LogP contribution in [0, 0.1) is 0 Å². The topological polar surface area (TPSA) is 69.2 Å². The standard InChI is InChI=1S/C21H23BrN2O4S/c1-4-9-28-21-18(22)10-16(11-19(21)27-3)12-23-24-20(25)14-29-13-15-5-7-17(26-2)8-6-15/h4-8,10-12H,1,9,13-14H2,2-3H3,(H,24,25)/b23-12-. The van der Waals surface area contributed by atoms with Gasteiger partial charge < -0.3 is 14.2 Å². The van der Waals surface area contributed by atoms with Gasteiger partial charge in [-0.2, -0.15) is 5.10 Å². The largest absolute Gasteiger partial charge is 0.497 e. The van der Waals surface area contributed by atoms with Crippen molar-refractivity contribution in [2.24, 2.45) is 5.10 Å². The van der Waals surface area contributed by atoms with E-state index in [0.717, 1.165) is 27.1 Å². The minimum Gasteiger partial charge on any atom is -0.497 e. The predicted molar refractivity (Wildman–Crippen MR) is 121 cm³/mol. The van der Waals surface area contributed by atoms with E-state index in [4.69, 9.17) is 14.2 Å². The fourth-order valence-electron chi connectivity index (χ4n) is 2.29. The molecule has 0 saturated carbocycles. The Kier molecular flexibility index (Phi) is 9.59. The number of thioether (sulfide) groups is 1. The van der Waals surface area contributed by atoms with Crippen molar-refractivity contribution >= 4 is 39.8 Å². The number of nitrogens with one attached hydrogen (secondary N) is 1. The maximum absolute atomic E-state index is 12.0. The second-order valence-electron chi connectivity index (χ2n) is 5.77. The number of amides is 1. The van der Waals surface area contributed by atoms with Gasteiger partial charge in [-0.1, -0.05) is 24.8 Å². The Morgan fingerprint density at radius 2 is 2.00 bits per heavy atom. The summed E-state index contributed by atoms with van der Waals surface area (Å²) >= 11 is 4.97. The number of methoxy groups -OCH3 is 2. The molecule has 0 spiro atoms. The van der Waals surface area contributed by atoms with Crippen molar-refractivity contribution in [3.05, 3.63) is 64.7 Å². The van der Waals surface area contributed by atoms with Gasteiger partial charge in [-0.3, -0.25) is 4.79 Å². The molecule has 0 bridgehead atoms. The molecule has 0 saturated heterocycles. The van der Waals surface area contributed by atoms with Gasteiger partial charge in [0, 0.05) is 5.75 Å². The van der Waals surface area contributed by atoms with Gasteiger partial charge in [-0.05, 0) is 51.3 Å². The molecule has 2 aromatic rings. The van der Waals surface area contributed by atoms with Crippen LogP contribution in [0.15, 0.2) is 58.6 Å². The first-order chi connectivity index (χ1) is 14.1. The Bertz CT molecular complexity index is 857. The van der Waals surface area contributed by atoms with E-state index >= 15 is 0 Å². The van der Waals surface area contributed by atoms with Crippen molar-refractivity contribution in [3.63, 3.8) is 0 Å². The Balaban J connectivity index is 1.84. The highest BCUT2D eigenvalue weighted by atomic mass is 79.9. The van der Waals surface area contributed by atoms with Crippen molar-refractivity contribution in [1.82, 2.24) is 5.43 Å². The zero-order valence-electron chi connectivity index (χ0n) is 16.3. The lowest BCUT2D eigenvalue weighted by Crippen LogP contribution is -2.19. The lowest BCUT2D eigenvalue weighted by molar-refractivity contribution is -0.118. The number of halogens is 1. The molecule has 0 aliphatic carbocycles. The summed E-state index contributed by atoms with van der Waals surface area (Å²) in [6.07, 6.45) is 3.21. The molecule has 2 rings (SSSR count). The summed E-state index contributed by atoms with van der Waals surface area (Å²) in [6.45, 7) is 4.00. The number of carbonyl (C=O) groups excluding carboxylic acids is 1. The van der Waals surface area contributed by atoms with E-state index in [1.807, 2.05) is 30.3 Å². The Labute approximate surface area is 183 Å². The van der Waals surface area contributed by atoms with Gasteiger partial charge in [-0.15, -0.1) is 11.8 Å². The first-order valence-electron chi connectivity index (χ1n) is 8.71. The van der Waals surface area contributed by atoms with Crippen molar-refractivity contribution in [2.75, 3.05) is 26.6 Å². The molecule has 0 aliphatic heterocycles. The van der Waals surface area contributed by atoms with Gasteiger partial charge in [0.15, 0.2) is 11.5 Å². The number of carbonyl (C=O) groups is 1. The number of hydrogen-bond donors (Lipinski definition) is 1. The zero-order valence-corrected chi connectivity index (χ0v) is 18.7. The average Bonchev–Trinajstić information content (AvgIpc) is 2.73. The van der Waals surface area contributed by atoms with Crippen LogP contribution < -0.4 is 19.6 Å². The van der Waals surface area contributed by atoms with Crippen molar-refractivity contribution in [1.29, 1.82) is 0 Å². The molecule has 0 atom stereocenters. The molecule has 29 heavy (non-hydrogen) atoms. The number of hydrogen-bond acceptors (Lipinski definition) is 6. The van der Waals surface area contributed by atoms with E-state index in [9.17, 15) is 4.79 Å². The molecule has 6 nitrogen and oxygen atoms in total. The predicted octanol–water partition coefficient (Wildman–Crippen LogP) is 4.41. The molecular weight excluding hydrogens is 456 g/mol. The molecule has 0 heterocycles. The highest BCUT2D eigenvalue weighted by Gasteiger charge is 2.10.